The average molecular weight is 919 g/mol. The maximum absolute atomic E-state index is 13.8. The number of aryl methyl sites for hydroxylation is 2. The van der Waals surface area contributed by atoms with E-state index in [1.54, 1.807) is 30.3 Å². The fourth-order valence-corrected chi connectivity index (χ4v) is 7.88. The molecule has 2 aliphatic carbocycles. The standard InChI is InChI=1S/C23H29F3N4O2.C12H20N2O.C11H11F3N2O2/c1-15-11-18(31)6-5-16(15)12-17(30(2)3)14-29-20(32)13-19(21-27-9-4-10-28-21)22(7-8-22)23(24,25)26;1-9-6-12(15)5-4-10(9)7-11(8-13)14(2)3;12-11(13,14)10(2-3-10)7(6-8(17)18)9-15-4-1-5-16-9/h4-6,9-11,17,19,31H,7-8,12-14H2,1-3H3,(H,29,32);4-6,11,15H,7-8,13H2,1-3H3;1,4-5,7H,2-3,6H2,(H,17,18)/t17-,19?;11-;/m00./s1. The number of aromatic nitrogens is 4. The highest BCUT2D eigenvalue weighted by atomic mass is 19.4. The van der Waals surface area contributed by atoms with Crippen molar-refractivity contribution in [3.05, 3.63) is 107 Å². The molecular weight excluding hydrogens is 859 g/mol. The summed E-state index contributed by atoms with van der Waals surface area (Å²) in [6.45, 7) is 4.84. The molecule has 2 unspecified atom stereocenters. The number of nitrogens with two attached hydrogens (primary N) is 1. The number of aromatic hydroxyl groups is 2. The number of carbonyl (C=O) groups is 2. The van der Waals surface area contributed by atoms with E-state index < -0.39 is 53.3 Å². The molecule has 6 rings (SSSR count). The van der Waals surface area contributed by atoms with Crippen molar-refractivity contribution in [3.63, 3.8) is 0 Å². The maximum Gasteiger partial charge on any atom is 0.395 e. The summed E-state index contributed by atoms with van der Waals surface area (Å²) in [5.74, 6) is -3.53. The Bertz CT molecular complexity index is 2150. The molecule has 356 valence electrons. The van der Waals surface area contributed by atoms with Gasteiger partial charge in [-0.3, -0.25) is 9.59 Å². The van der Waals surface area contributed by atoms with Gasteiger partial charge in [0.05, 0.1) is 17.3 Å². The van der Waals surface area contributed by atoms with Gasteiger partial charge in [-0.1, -0.05) is 12.1 Å². The van der Waals surface area contributed by atoms with Crippen molar-refractivity contribution in [2.24, 2.45) is 16.6 Å². The van der Waals surface area contributed by atoms with E-state index in [-0.39, 0.29) is 62.1 Å². The summed E-state index contributed by atoms with van der Waals surface area (Å²) in [7, 11) is 7.84. The van der Waals surface area contributed by atoms with Crippen LogP contribution in [0.2, 0.25) is 0 Å². The topological polar surface area (TPSA) is 191 Å². The van der Waals surface area contributed by atoms with Crippen LogP contribution in [-0.4, -0.2) is 123 Å². The highest BCUT2D eigenvalue weighted by Crippen LogP contribution is 2.66. The number of carboxylic acid groups (broad SMARTS) is 1. The molecule has 0 spiro atoms. The SMILES string of the molecule is Cc1cc(O)ccc1C[C@@H](CN)N(C)C.Cc1cc(O)ccc1C[C@@H](CNC(=O)CC(c1ncccn1)C1(C(F)(F)F)CC1)N(C)C.O=C(O)CC(c1ncccn1)C1(C(F)(F)F)CC1. The number of nitrogens with one attached hydrogen (secondary N) is 1. The number of alkyl halides is 6. The van der Waals surface area contributed by atoms with Crippen LogP contribution in [0.3, 0.4) is 0 Å². The van der Waals surface area contributed by atoms with Gasteiger partial charge in [0.1, 0.15) is 23.1 Å². The van der Waals surface area contributed by atoms with Gasteiger partial charge in [0.2, 0.25) is 5.91 Å². The first-order valence-corrected chi connectivity index (χ1v) is 21.2. The first kappa shape index (κ1) is 52.2. The van der Waals surface area contributed by atoms with E-state index in [0.717, 1.165) is 23.1 Å². The van der Waals surface area contributed by atoms with Crippen LogP contribution in [-0.2, 0) is 22.4 Å². The van der Waals surface area contributed by atoms with Crippen LogP contribution in [0.25, 0.3) is 0 Å². The van der Waals surface area contributed by atoms with Gasteiger partial charge in [-0.2, -0.15) is 26.3 Å². The van der Waals surface area contributed by atoms with E-state index in [9.17, 15) is 46.1 Å². The average Bonchev–Trinajstić information content (AvgIpc) is 4.17. The molecule has 0 radical (unpaired) electrons. The molecule has 4 aromatic rings. The summed E-state index contributed by atoms with van der Waals surface area (Å²) in [5, 5.41) is 30.5. The van der Waals surface area contributed by atoms with Crippen molar-refractivity contribution >= 4 is 11.9 Å². The van der Waals surface area contributed by atoms with Gasteiger partial charge in [-0.05, 0) is 139 Å². The summed E-state index contributed by atoms with van der Waals surface area (Å²) in [5.41, 5.74) is 6.14. The Morgan fingerprint density at radius 2 is 1.08 bits per heavy atom. The van der Waals surface area contributed by atoms with Crippen molar-refractivity contribution in [3.8, 4) is 11.5 Å². The molecule has 2 heterocycles. The number of amides is 1. The number of halogens is 6. The second-order valence-corrected chi connectivity index (χ2v) is 17.3. The number of carbonyl (C=O) groups excluding carboxylic acids is 1. The molecule has 2 saturated carbocycles. The minimum atomic E-state index is -4.42. The molecule has 13 nitrogen and oxygen atoms in total. The largest absolute Gasteiger partial charge is 0.508 e. The molecule has 2 aliphatic rings. The van der Waals surface area contributed by atoms with E-state index in [2.05, 4.69) is 30.2 Å². The van der Waals surface area contributed by atoms with Gasteiger partial charge < -0.3 is 36.2 Å². The van der Waals surface area contributed by atoms with Crippen molar-refractivity contribution in [2.45, 2.75) is 101 Å². The Kier molecular flexibility index (Phi) is 17.8. The maximum atomic E-state index is 13.8. The van der Waals surface area contributed by atoms with E-state index in [0.29, 0.717) is 24.8 Å². The molecule has 2 aromatic heterocycles. The molecule has 2 fully saturated rings. The molecule has 19 heteroatoms. The summed E-state index contributed by atoms with van der Waals surface area (Å²) in [6.07, 6.45) is -2.93. The van der Waals surface area contributed by atoms with Gasteiger partial charge in [0.25, 0.3) is 0 Å². The summed E-state index contributed by atoms with van der Waals surface area (Å²) >= 11 is 0. The third-order valence-electron chi connectivity index (χ3n) is 12.4. The number of hydrogen-bond acceptors (Lipinski definition) is 11. The van der Waals surface area contributed by atoms with Gasteiger partial charge in [0, 0.05) is 68.2 Å². The molecule has 4 atom stereocenters. The van der Waals surface area contributed by atoms with Crippen LogP contribution < -0.4 is 11.1 Å². The van der Waals surface area contributed by atoms with Gasteiger partial charge in [0.15, 0.2) is 0 Å². The molecule has 0 aliphatic heterocycles. The zero-order valence-corrected chi connectivity index (χ0v) is 37.5. The monoisotopic (exact) mass is 918 g/mol. The number of likely N-dealkylation sites (N-methyl/N-ethyl adjacent to an activating group) is 2. The fourth-order valence-electron chi connectivity index (χ4n) is 7.88. The predicted molar refractivity (Wildman–Crippen MR) is 232 cm³/mol. The van der Waals surface area contributed by atoms with Crippen LogP contribution in [0.1, 0.15) is 84.3 Å². The number of benzene rings is 2. The Morgan fingerprint density at radius 1 is 0.692 bits per heavy atom. The summed E-state index contributed by atoms with van der Waals surface area (Å²) in [6, 6.07) is 13.9. The van der Waals surface area contributed by atoms with E-state index in [1.807, 2.05) is 59.1 Å². The number of phenols is 2. The van der Waals surface area contributed by atoms with Gasteiger partial charge in [-0.25, -0.2) is 19.9 Å². The Morgan fingerprint density at radius 3 is 1.40 bits per heavy atom. The zero-order chi connectivity index (χ0) is 48.3. The quantitative estimate of drug-likeness (QED) is 0.0677. The number of nitrogens with zero attached hydrogens (tertiary/aromatic N) is 6. The smallest absolute Gasteiger partial charge is 0.395 e. The van der Waals surface area contributed by atoms with Crippen LogP contribution >= 0.6 is 0 Å². The lowest BCUT2D eigenvalue weighted by molar-refractivity contribution is -0.196. The molecule has 1 amide bonds. The van der Waals surface area contributed by atoms with Crippen molar-refractivity contribution < 1.29 is 51.3 Å². The molecule has 0 saturated heterocycles. The molecule has 2 aromatic carbocycles. The van der Waals surface area contributed by atoms with Crippen LogP contribution in [0, 0.1) is 24.7 Å². The second-order valence-electron chi connectivity index (χ2n) is 17.3. The minimum absolute atomic E-state index is 0.0207. The first-order chi connectivity index (χ1) is 30.4. The molecule has 0 bridgehead atoms. The van der Waals surface area contributed by atoms with Gasteiger partial charge in [-0.15, -0.1) is 0 Å². The van der Waals surface area contributed by atoms with E-state index in [4.69, 9.17) is 10.8 Å². The lowest BCUT2D eigenvalue weighted by atomic mass is 9.84. The Balaban J connectivity index is 0.000000236. The van der Waals surface area contributed by atoms with Gasteiger partial charge >= 0.3 is 18.3 Å². The fraction of sp³-hybridized carbons (Fsp3) is 0.522. The van der Waals surface area contributed by atoms with Crippen molar-refractivity contribution in [1.29, 1.82) is 0 Å². The summed E-state index contributed by atoms with van der Waals surface area (Å²) < 4.78 is 80.5. The Labute approximate surface area is 375 Å². The number of hydrogen-bond donors (Lipinski definition) is 5. The lowest BCUT2D eigenvalue weighted by Crippen LogP contribution is -2.43. The van der Waals surface area contributed by atoms with Crippen LogP contribution in [0.5, 0.6) is 11.5 Å². The zero-order valence-electron chi connectivity index (χ0n) is 37.5. The lowest BCUT2D eigenvalue weighted by Gasteiger charge is -2.29. The number of carboxylic acids is 1. The van der Waals surface area contributed by atoms with Crippen LogP contribution in [0.15, 0.2) is 73.3 Å². The second kappa shape index (κ2) is 22.2. The molecular formula is C46H60F6N8O5. The van der Waals surface area contributed by atoms with E-state index in [1.165, 1.54) is 36.4 Å². The number of phenolic OH excluding ortho intramolecular Hbond substituents is 2. The van der Waals surface area contributed by atoms with Crippen LogP contribution in [0.4, 0.5) is 26.3 Å². The third kappa shape index (κ3) is 14.0. The highest BCUT2D eigenvalue weighted by Gasteiger charge is 2.69. The predicted octanol–water partition coefficient (Wildman–Crippen LogP) is 7.11. The molecule has 65 heavy (non-hydrogen) atoms. The van der Waals surface area contributed by atoms with Crippen molar-refractivity contribution in [2.75, 3.05) is 41.3 Å². The number of rotatable bonds is 17. The molecule has 6 N–H and O–H groups in total. The van der Waals surface area contributed by atoms with E-state index >= 15 is 0 Å². The summed E-state index contributed by atoms with van der Waals surface area (Å²) in [4.78, 5) is 43.2. The Hall–Kier alpha value is -5.40. The number of aliphatic carboxylic acids is 1. The van der Waals surface area contributed by atoms with Crippen molar-refractivity contribution in [1.82, 2.24) is 35.1 Å². The minimum Gasteiger partial charge on any atom is -0.508 e. The first-order valence-electron chi connectivity index (χ1n) is 21.2. The third-order valence-corrected chi connectivity index (χ3v) is 12.4. The normalized spacial score (nSPS) is 16.8. The highest BCUT2D eigenvalue weighted by molar-refractivity contribution is 5.77.